The Morgan fingerprint density at radius 2 is 1.97 bits per heavy atom. The number of aliphatic hydroxyl groups is 1. The van der Waals surface area contributed by atoms with Gasteiger partial charge in [-0.15, -0.1) is 10.2 Å². The highest BCUT2D eigenvalue weighted by molar-refractivity contribution is 8.45. The summed E-state index contributed by atoms with van der Waals surface area (Å²) in [6.07, 6.45) is 0.394. The van der Waals surface area contributed by atoms with Crippen LogP contribution in [0.4, 0.5) is 25.2 Å². The van der Waals surface area contributed by atoms with Crippen LogP contribution in [0.3, 0.4) is 0 Å². The van der Waals surface area contributed by atoms with Gasteiger partial charge >= 0.3 is 10.2 Å². The molecular formula is C20H18F5N5O3S. The molecule has 1 aromatic carbocycles. The minimum atomic E-state index is -9.80. The van der Waals surface area contributed by atoms with Crippen molar-refractivity contribution < 1.29 is 33.8 Å². The first-order chi connectivity index (χ1) is 15.8. The molecule has 1 atom stereocenters. The van der Waals surface area contributed by atoms with Gasteiger partial charge in [-0.2, -0.15) is 4.98 Å². The number of hydrogen-bond donors (Lipinski definition) is 1. The maximum absolute atomic E-state index is 13.1. The van der Waals surface area contributed by atoms with Crippen LogP contribution in [0, 0.1) is 11.8 Å². The summed E-state index contributed by atoms with van der Waals surface area (Å²) >= 11 is 0. The molecule has 0 radical (unpaired) electrons. The van der Waals surface area contributed by atoms with Crippen molar-refractivity contribution in [3.63, 3.8) is 0 Å². The number of methoxy groups -OCH3 is 1. The van der Waals surface area contributed by atoms with Gasteiger partial charge in [-0.3, -0.25) is 0 Å². The Morgan fingerprint density at radius 1 is 1.18 bits per heavy atom. The molecule has 1 N–H and O–H groups in total. The fourth-order valence-corrected chi connectivity index (χ4v) is 4.01. The van der Waals surface area contributed by atoms with Crippen LogP contribution < -0.4 is 4.90 Å². The van der Waals surface area contributed by atoms with Crippen LogP contribution in [0.1, 0.15) is 17.8 Å². The lowest BCUT2D eigenvalue weighted by Gasteiger charge is -2.40. The predicted octanol–water partition coefficient (Wildman–Crippen LogP) is 4.32. The standard InChI is InChI=1S/C20H18F5N5O3S/c1-32-20(8-7-14-3-2-4-15(11-14)34(21,22,23,24)25)9-10-30(13-20)18-6-5-16(27-28-18)19-26-17(12-31)29-33-19/h2-6,11,31H,9-10,12-13H2,1H3. The molecule has 1 fully saturated rings. The van der Waals surface area contributed by atoms with E-state index in [4.69, 9.17) is 14.4 Å². The molecule has 0 bridgehead atoms. The van der Waals surface area contributed by atoms with Crippen molar-refractivity contribution in [1.29, 1.82) is 0 Å². The van der Waals surface area contributed by atoms with Gasteiger partial charge in [0.05, 0.1) is 6.54 Å². The number of nitrogens with zero attached hydrogens (tertiary/aromatic N) is 5. The Hall–Kier alpha value is -3.28. The number of anilines is 1. The van der Waals surface area contributed by atoms with E-state index < -0.39 is 20.7 Å². The highest BCUT2D eigenvalue weighted by Crippen LogP contribution is 3.02. The smallest absolute Gasteiger partial charge is 0.310 e. The highest BCUT2D eigenvalue weighted by atomic mass is 32.5. The van der Waals surface area contributed by atoms with E-state index in [1.807, 2.05) is 4.90 Å². The topological polar surface area (TPSA) is 97.4 Å². The molecule has 0 spiro atoms. The second-order valence-electron chi connectivity index (χ2n) is 7.57. The van der Waals surface area contributed by atoms with E-state index in [1.165, 1.54) is 13.2 Å². The van der Waals surface area contributed by atoms with Gasteiger partial charge in [0.1, 0.15) is 17.1 Å². The van der Waals surface area contributed by atoms with E-state index in [2.05, 4.69) is 32.2 Å². The SMILES string of the molecule is COC1(C#Cc2cccc(S(F)(F)(F)(F)F)c2)CCN(c2ccc(-c3nc(CO)no3)nn2)C1. The zero-order valence-electron chi connectivity index (χ0n) is 17.6. The van der Waals surface area contributed by atoms with Gasteiger partial charge in [0.25, 0.3) is 5.89 Å². The Balaban J connectivity index is 1.52. The van der Waals surface area contributed by atoms with E-state index in [1.54, 1.807) is 12.1 Å². The molecule has 0 saturated carbocycles. The van der Waals surface area contributed by atoms with E-state index in [0.29, 0.717) is 36.6 Å². The highest BCUT2D eigenvalue weighted by Gasteiger charge is 2.65. The molecule has 3 aromatic rings. The number of aliphatic hydroxyl groups excluding tert-OH is 1. The van der Waals surface area contributed by atoms with Gasteiger partial charge in [-0.25, -0.2) is 0 Å². The summed E-state index contributed by atoms with van der Waals surface area (Å²) in [6.45, 7) is 0.297. The summed E-state index contributed by atoms with van der Waals surface area (Å²) in [5.74, 6) is 6.01. The normalized spacial score (nSPS) is 20.4. The van der Waals surface area contributed by atoms with Crippen molar-refractivity contribution in [3.05, 3.63) is 47.8 Å². The first-order valence-electron chi connectivity index (χ1n) is 9.76. The zero-order valence-corrected chi connectivity index (χ0v) is 18.4. The van der Waals surface area contributed by atoms with Crippen LogP contribution >= 0.6 is 10.2 Å². The molecule has 2 aromatic heterocycles. The summed E-state index contributed by atoms with van der Waals surface area (Å²) < 4.78 is 76.0. The molecule has 1 unspecified atom stereocenters. The van der Waals surface area contributed by atoms with Gasteiger partial charge in [0.15, 0.2) is 17.3 Å². The molecule has 0 aliphatic carbocycles. The number of rotatable bonds is 5. The maximum Gasteiger partial charge on any atom is 0.310 e. The Bertz CT molecular complexity index is 1270. The van der Waals surface area contributed by atoms with Crippen molar-refractivity contribution in [3.8, 4) is 23.4 Å². The average Bonchev–Trinajstić information content (AvgIpc) is 3.45. The third-order valence-electron chi connectivity index (χ3n) is 5.14. The number of benzene rings is 1. The van der Waals surface area contributed by atoms with Crippen molar-refractivity contribution in [2.75, 3.05) is 25.1 Å². The molecule has 3 heterocycles. The Kier molecular flexibility index (Phi) is 5.35. The predicted molar refractivity (Wildman–Crippen MR) is 113 cm³/mol. The van der Waals surface area contributed by atoms with Crippen molar-refractivity contribution in [2.45, 2.75) is 23.5 Å². The van der Waals surface area contributed by atoms with Crippen LogP contribution in [0.25, 0.3) is 11.6 Å². The van der Waals surface area contributed by atoms with Gasteiger partial charge in [-0.1, -0.05) is 42.5 Å². The largest absolute Gasteiger partial charge is 0.388 e. The molecular weight excluding hydrogens is 485 g/mol. The second-order valence-corrected chi connectivity index (χ2v) is 9.98. The third-order valence-corrected chi connectivity index (χ3v) is 6.28. The van der Waals surface area contributed by atoms with E-state index in [-0.39, 0.29) is 30.4 Å². The quantitative estimate of drug-likeness (QED) is 0.406. The fourth-order valence-electron chi connectivity index (χ4n) is 3.33. The average molecular weight is 503 g/mol. The fraction of sp³-hybridized carbons (Fsp3) is 0.300. The zero-order chi connectivity index (χ0) is 24.7. The van der Waals surface area contributed by atoms with Gasteiger partial charge < -0.3 is 19.3 Å². The minimum Gasteiger partial charge on any atom is -0.388 e. The van der Waals surface area contributed by atoms with Crippen LogP contribution in [0.5, 0.6) is 0 Å². The first kappa shape index (κ1) is 23.9. The lowest BCUT2D eigenvalue weighted by molar-refractivity contribution is 0.0602. The monoisotopic (exact) mass is 503 g/mol. The minimum absolute atomic E-state index is 0.0930. The lowest BCUT2D eigenvalue weighted by atomic mass is 10.0. The summed E-state index contributed by atoms with van der Waals surface area (Å²) in [5.41, 5.74) is -0.948. The van der Waals surface area contributed by atoms with Crippen LogP contribution in [-0.4, -0.2) is 51.2 Å². The van der Waals surface area contributed by atoms with E-state index >= 15 is 0 Å². The number of aromatic nitrogens is 4. The summed E-state index contributed by atoms with van der Waals surface area (Å²) in [7, 11) is -8.39. The second kappa shape index (κ2) is 7.62. The van der Waals surface area contributed by atoms with Crippen LogP contribution in [0.2, 0.25) is 0 Å². The van der Waals surface area contributed by atoms with Crippen molar-refractivity contribution in [2.24, 2.45) is 0 Å². The molecule has 1 aliphatic rings. The van der Waals surface area contributed by atoms with E-state index in [9.17, 15) is 19.4 Å². The molecule has 182 valence electrons. The summed E-state index contributed by atoms with van der Waals surface area (Å²) in [5, 5.41) is 20.7. The van der Waals surface area contributed by atoms with Gasteiger partial charge in [0.2, 0.25) is 0 Å². The molecule has 14 heteroatoms. The van der Waals surface area contributed by atoms with Crippen LogP contribution in [-0.2, 0) is 11.3 Å². The van der Waals surface area contributed by atoms with Crippen molar-refractivity contribution >= 4 is 16.0 Å². The molecule has 34 heavy (non-hydrogen) atoms. The number of halogens is 5. The maximum atomic E-state index is 13.1. The molecule has 0 amide bonds. The van der Waals surface area contributed by atoms with Crippen molar-refractivity contribution in [1.82, 2.24) is 20.3 Å². The summed E-state index contributed by atoms with van der Waals surface area (Å²) in [6, 6.07) is 6.04. The lowest BCUT2D eigenvalue weighted by Crippen LogP contribution is -2.34. The third kappa shape index (κ3) is 5.11. The van der Waals surface area contributed by atoms with Crippen LogP contribution in [0.15, 0.2) is 45.8 Å². The van der Waals surface area contributed by atoms with E-state index in [0.717, 1.165) is 6.07 Å². The summed E-state index contributed by atoms with van der Waals surface area (Å²) in [4.78, 5) is 3.77. The first-order valence-corrected chi connectivity index (χ1v) is 11.7. The number of ether oxygens (including phenoxy) is 1. The number of hydrogen-bond acceptors (Lipinski definition) is 8. The molecule has 8 nitrogen and oxygen atoms in total. The van der Waals surface area contributed by atoms with Gasteiger partial charge in [-0.05, 0) is 30.3 Å². The Morgan fingerprint density at radius 3 is 2.59 bits per heavy atom. The molecule has 1 aliphatic heterocycles. The van der Waals surface area contributed by atoms with Gasteiger partial charge in [0, 0.05) is 25.6 Å². The molecule has 1 saturated heterocycles. The molecule has 4 rings (SSSR count). The Labute approximate surface area is 190 Å².